The van der Waals surface area contributed by atoms with Crippen LogP contribution in [0.25, 0.3) is 0 Å². The number of rotatable bonds is 6. The van der Waals surface area contributed by atoms with Gasteiger partial charge in [0.15, 0.2) is 0 Å². The highest BCUT2D eigenvalue weighted by Crippen LogP contribution is 2.11. The maximum Gasteiger partial charge on any atom is 0.0543 e. The summed E-state index contributed by atoms with van der Waals surface area (Å²) in [6.45, 7) is 5.46. The van der Waals surface area contributed by atoms with E-state index >= 15 is 0 Å². The van der Waals surface area contributed by atoms with E-state index in [9.17, 15) is 0 Å². The molecule has 2 heteroatoms. The van der Waals surface area contributed by atoms with Crippen LogP contribution in [0.1, 0.15) is 38.8 Å². The quantitative estimate of drug-likeness (QED) is 0.711. The van der Waals surface area contributed by atoms with Crippen molar-refractivity contribution >= 4 is 0 Å². The lowest BCUT2D eigenvalue weighted by Crippen LogP contribution is -2.30. The van der Waals surface area contributed by atoms with Crippen LogP contribution in [-0.4, -0.2) is 23.0 Å². The van der Waals surface area contributed by atoms with Crippen molar-refractivity contribution in [1.29, 1.82) is 0 Å². The van der Waals surface area contributed by atoms with Gasteiger partial charge in [-0.2, -0.15) is 0 Å². The van der Waals surface area contributed by atoms with Gasteiger partial charge in [-0.15, -0.1) is 0 Å². The summed E-state index contributed by atoms with van der Waals surface area (Å²) in [5.74, 6) is 0. The van der Waals surface area contributed by atoms with Crippen LogP contribution in [-0.2, 0) is 6.54 Å². The fraction of sp³-hybridized carbons (Fsp3) is 0.615. The van der Waals surface area contributed by atoms with Crippen LogP contribution < -0.4 is 0 Å². The molecule has 0 amide bonds. The van der Waals surface area contributed by atoms with Crippen LogP contribution in [0.2, 0.25) is 0 Å². The molecular weight excluding hydrogens is 184 g/mol. The maximum atomic E-state index is 4.35. The Kier molecular flexibility index (Phi) is 5.33. The molecular formula is C13H22N2. The van der Waals surface area contributed by atoms with Crippen molar-refractivity contribution in [2.24, 2.45) is 0 Å². The van der Waals surface area contributed by atoms with E-state index in [0.29, 0.717) is 6.04 Å². The van der Waals surface area contributed by atoms with Gasteiger partial charge in [0.1, 0.15) is 0 Å². The molecule has 1 atom stereocenters. The van der Waals surface area contributed by atoms with Gasteiger partial charge < -0.3 is 0 Å². The highest BCUT2D eigenvalue weighted by atomic mass is 15.1. The molecule has 0 saturated carbocycles. The minimum atomic E-state index is 0.692. The summed E-state index contributed by atoms with van der Waals surface area (Å²) in [6.07, 6.45) is 5.62. The Morgan fingerprint density at radius 3 is 2.67 bits per heavy atom. The SMILES string of the molecule is CCCC(CC)N(C)Cc1ccccn1. The highest BCUT2D eigenvalue weighted by molar-refractivity contribution is 5.03. The van der Waals surface area contributed by atoms with E-state index in [1.165, 1.54) is 19.3 Å². The maximum absolute atomic E-state index is 4.35. The Labute approximate surface area is 93.3 Å². The number of pyridine rings is 1. The molecule has 1 unspecified atom stereocenters. The smallest absolute Gasteiger partial charge is 0.0543 e. The molecule has 1 heterocycles. The second-order valence-corrected chi connectivity index (χ2v) is 4.09. The van der Waals surface area contributed by atoms with E-state index in [-0.39, 0.29) is 0 Å². The summed E-state index contributed by atoms with van der Waals surface area (Å²) >= 11 is 0. The van der Waals surface area contributed by atoms with Gasteiger partial charge in [0.05, 0.1) is 5.69 Å². The van der Waals surface area contributed by atoms with Crippen molar-refractivity contribution in [1.82, 2.24) is 9.88 Å². The van der Waals surface area contributed by atoms with Gasteiger partial charge in [-0.3, -0.25) is 9.88 Å². The average Bonchev–Trinajstić information content (AvgIpc) is 2.27. The van der Waals surface area contributed by atoms with Crippen molar-refractivity contribution in [2.45, 2.75) is 45.7 Å². The predicted octanol–water partition coefficient (Wildman–Crippen LogP) is 3.09. The van der Waals surface area contributed by atoms with Gasteiger partial charge in [0.2, 0.25) is 0 Å². The molecule has 0 fully saturated rings. The Balaban J connectivity index is 2.50. The Morgan fingerprint density at radius 1 is 1.33 bits per heavy atom. The lowest BCUT2D eigenvalue weighted by atomic mass is 10.1. The molecule has 1 rings (SSSR count). The molecule has 0 aliphatic carbocycles. The van der Waals surface area contributed by atoms with Crippen LogP contribution in [0.4, 0.5) is 0 Å². The molecule has 0 saturated heterocycles. The highest BCUT2D eigenvalue weighted by Gasteiger charge is 2.11. The molecule has 0 bridgehead atoms. The van der Waals surface area contributed by atoms with Crippen molar-refractivity contribution in [2.75, 3.05) is 7.05 Å². The first-order valence-electron chi connectivity index (χ1n) is 5.88. The zero-order chi connectivity index (χ0) is 11.1. The summed E-state index contributed by atoms with van der Waals surface area (Å²) in [7, 11) is 2.19. The van der Waals surface area contributed by atoms with Gasteiger partial charge in [0, 0.05) is 18.8 Å². The zero-order valence-corrected chi connectivity index (χ0v) is 10.1. The molecule has 84 valence electrons. The third-order valence-corrected chi connectivity index (χ3v) is 2.85. The van der Waals surface area contributed by atoms with Crippen LogP contribution in [0, 0.1) is 0 Å². The third-order valence-electron chi connectivity index (χ3n) is 2.85. The first-order chi connectivity index (χ1) is 7.27. The van der Waals surface area contributed by atoms with Gasteiger partial charge in [-0.1, -0.05) is 26.3 Å². The minimum absolute atomic E-state index is 0.692. The summed E-state index contributed by atoms with van der Waals surface area (Å²) < 4.78 is 0. The Hall–Kier alpha value is -0.890. The zero-order valence-electron chi connectivity index (χ0n) is 10.1. The second-order valence-electron chi connectivity index (χ2n) is 4.09. The number of hydrogen-bond donors (Lipinski definition) is 0. The molecule has 0 aromatic carbocycles. The summed E-state index contributed by atoms with van der Waals surface area (Å²) in [6, 6.07) is 6.80. The number of hydrogen-bond acceptors (Lipinski definition) is 2. The van der Waals surface area contributed by atoms with Gasteiger partial charge in [-0.05, 0) is 32.0 Å². The first kappa shape index (κ1) is 12.2. The number of nitrogens with zero attached hydrogens (tertiary/aromatic N) is 2. The molecule has 1 aromatic rings. The van der Waals surface area contributed by atoms with E-state index in [0.717, 1.165) is 12.2 Å². The largest absolute Gasteiger partial charge is 0.298 e. The minimum Gasteiger partial charge on any atom is -0.298 e. The van der Waals surface area contributed by atoms with Crippen LogP contribution in [0.15, 0.2) is 24.4 Å². The van der Waals surface area contributed by atoms with Crippen molar-refractivity contribution < 1.29 is 0 Å². The molecule has 0 aliphatic heterocycles. The average molecular weight is 206 g/mol. The van der Waals surface area contributed by atoms with E-state index in [1.54, 1.807) is 0 Å². The topological polar surface area (TPSA) is 16.1 Å². The summed E-state index contributed by atoms with van der Waals surface area (Å²) in [5.41, 5.74) is 1.16. The van der Waals surface area contributed by atoms with Crippen molar-refractivity contribution in [3.05, 3.63) is 30.1 Å². The van der Waals surface area contributed by atoms with E-state index < -0.39 is 0 Å². The molecule has 0 spiro atoms. The lowest BCUT2D eigenvalue weighted by Gasteiger charge is -2.26. The fourth-order valence-corrected chi connectivity index (χ4v) is 1.95. The first-order valence-corrected chi connectivity index (χ1v) is 5.88. The van der Waals surface area contributed by atoms with Crippen molar-refractivity contribution in [3.8, 4) is 0 Å². The second kappa shape index (κ2) is 6.57. The predicted molar refractivity (Wildman–Crippen MR) is 64.7 cm³/mol. The van der Waals surface area contributed by atoms with Crippen molar-refractivity contribution in [3.63, 3.8) is 0 Å². The molecule has 1 aromatic heterocycles. The van der Waals surface area contributed by atoms with Gasteiger partial charge in [0.25, 0.3) is 0 Å². The van der Waals surface area contributed by atoms with Crippen LogP contribution in [0.3, 0.4) is 0 Å². The Morgan fingerprint density at radius 2 is 2.13 bits per heavy atom. The fourth-order valence-electron chi connectivity index (χ4n) is 1.95. The molecule has 2 nitrogen and oxygen atoms in total. The van der Waals surface area contributed by atoms with Crippen LogP contribution in [0.5, 0.6) is 0 Å². The van der Waals surface area contributed by atoms with E-state index in [1.807, 2.05) is 12.3 Å². The lowest BCUT2D eigenvalue weighted by molar-refractivity contribution is 0.212. The molecule has 0 N–H and O–H groups in total. The summed E-state index contributed by atoms with van der Waals surface area (Å²) in [4.78, 5) is 6.76. The van der Waals surface area contributed by atoms with Crippen LogP contribution >= 0.6 is 0 Å². The standard InChI is InChI=1S/C13H22N2/c1-4-8-13(5-2)15(3)11-12-9-6-7-10-14-12/h6-7,9-10,13H,4-5,8,11H2,1-3H3. The van der Waals surface area contributed by atoms with E-state index in [4.69, 9.17) is 0 Å². The molecule has 0 aliphatic rings. The normalized spacial score (nSPS) is 13.1. The molecule has 15 heavy (non-hydrogen) atoms. The van der Waals surface area contributed by atoms with Gasteiger partial charge in [-0.25, -0.2) is 0 Å². The summed E-state index contributed by atoms with van der Waals surface area (Å²) in [5, 5.41) is 0. The Bertz CT molecular complexity index is 258. The van der Waals surface area contributed by atoms with E-state index in [2.05, 4.69) is 42.9 Å². The molecule has 0 radical (unpaired) electrons. The monoisotopic (exact) mass is 206 g/mol. The third kappa shape index (κ3) is 4.00. The number of aromatic nitrogens is 1. The van der Waals surface area contributed by atoms with Gasteiger partial charge >= 0.3 is 0 Å².